The highest BCUT2D eigenvalue weighted by Gasteiger charge is 2.23. The number of hydrogen-bond acceptors (Lipinski definition) is 3. The van der Waals surface area contributed by atoms with Crippen molar-refractivity contribution in [1.82, 2.24) is 9.13 Å². The fourth-order valence-corrected chi connectivity index (χ4v) is 8.27. The van der Waals surface area contributed by atoms with Crippen molar-refractivity contribution < 1.29 is 0 Å². The molecule has 0 spiro atoms. The van der Waals surface area contributed by atoms with Gasteiger partial charge in [-0.3, -0.25) is 0 Å². The van der Waals surface area contributed by atoms with E-state index in [1.54, 1.807) is 0 Å². The average Bonchev–Trinajstić information content (AvgIpc) is 3.74. The van der Waals surface area contributed by atoms with Crippen LogP contribution in [0.25, 0.3) is 65.8 Å². The van der Waals surface area contributed by atoms with Crippen LogP contribution in [0.15, 0.2) is 176 Å². The first-order valence-corrected chi connectivity index (χ1v) is 17.8. The molecule has 0 aliphatic heterocycles. The maximum atomic E-state index is 8.85. The van der Waals surface area contributed by atoms with Crippen molar-refractivity contribution in [2.75, 3.05) is 4.90 Å². The minimum Gasteiger partial charge on any atom is -0.310 e. The first-order valence-electron chi connectivity index (χ1n) is 17.8. The van der Waals surface area contributed by atoms with Crippen molar-refractivity contribution >= 4 is 83.9 Å². The molecular weight excluding hydrogens is 647 g/mol. The molecule has 0 saturated carbocycles. The summed E-state index contributed by atoms with van der Waals surface area (Å²) in [6, 6.07) is 61.6. The number of benzene rings is 8. The number of nitrogens with one attached hydrogen (secondary N) is 2. The van der Waals surface area contributed by atoms with E-state index in [1.165, 1.54) is 23.2 Å². The minimum absolute atomic E-state index is 0.686. The molecule has 0 aliphatic carbocycles. The second kappa shape index (κ2) is 12.2. The summed E-state index contributed by atoms with van der Waals surface area (Å²) in [4.78, 5) is 2.30. The van der Waals surface area contributed by atoms with Crippen LogP contribution in [0.4, 0.5) is 17.1 Å². The number of aromatic nitrogens is 2. The Balaban J connectivity index is 1.27. The Morgan fingerprint density at radius 1 is 0.377 bits per heavy atom. The molecular formula is C48H33N5. The Hall–Kier alpha value is -7.24. The molecule has 53 heavy (non-hydrogen) atoms. The largest absolute Gasteiger partial charge is 0.310 e. The second-order valence-electron chi connectivity index (χ2n) is 13.3. The highest BCUT2D eigenvalue weighted by molar-refractivity contribution is 6.22. The summed E-state index contributed by atoms with van der Waals surface area (Å²) in [6.45, 7) is 0. The zero-order valence-corrected chi connectivity index (χ0v) is 28.7. The molecule has 8 aromatic carbocycles. The predicted octanol–water partition coefficient (Wildman–Crippen LogP) is 12.5. The van der Waals surface area contributed by atoms with E-state index < -0.39 is 0 Å². The summed E-state index contributed by atoms with van der Waals surface area (Å²) in [5.74, 6) is 0. The Labute approximate surface area is 306 Å². The number of hydrogen-bond donors (Lipinski definition) is 2. The van der Waals surface area contributed by atoms with Gasteiger partial charge in [0.2, 0.25) is 0 Å². The van der Waals surface area contributed by atoms with Gasteiger partial charge in [0.05, 0.1) is 33.4 Å². The number of rotatable bonds is 7. The lowest BCUT2D eigenvalue weighted by Crippen LogP contribution is -2.10. The molecule has 0 bridgehead atoms. The molecule has 0 amide bonds. The maximum absolute atomic E-state index is 8.85. The normalized spacial score (nSPS) is 11.5. The van der Waals surface area contributed by atoms with Crippen molar-refractivity contribution in [3.63, 3.8) is 0 Å². The average molecular weight is 680 g/mol. The van der Waals surface area contributed by atoms with Crippen LogP contribution < -0.4 is 4.90 Å². The molecule has 2 heterocycles. The van der Waals surface area contributed by atoms with E-state index >= 15 is 0 Å². The van der Waals surface area contributed by atoms with Crippen molar-refractivity contribution in [3.8, 4) is 11.4 Å². The van der Waals surface area contributed by atoms with Gasteiger partial charge in [0.15, 0.2) is 0 Å². The summed E-state index contributed by atoms with van der Waals surface area (Å²) in [5, 5.41) is 24.6. The molecule has 0 fully saturated rings. The Bertz CT molecular complexity index is 2950. The van der Waals surface area contributed by atoms with E-state index in [1.807, 2.05) is 12.1 Å². The van der Waals surface area contributed by atoms with Gasteiger partial charge in [-0.1, -0.05) is 103 Å². The van der Waals surface area contributed by atoms with Gasteiger partial charge >= 0.3 is 0 Å². The molecule has 2 aromatic heterocycles. The molecule has 10 aromatic rings. The number of nitrogens with zero attached hydrogens (tertiary/aromatic N) is 3. The van der Waals surface area contributed by atoms with Crippen LogP contribution >= 0.6 is 0 Å². The Morgan fingerprint density at radius 2 is 0.849 bits per heavy atom. The van der Waals surface area contributed by atoms with Crippen LogP contribution in [0.3, 0.4) is 0 Å². The third-order valence-corrected chi connectivity index (χ3v) is 10.5. The molecule has 0 radical (unpaired) electrons. The Morgan fingerprint density at radius 3 is 1.43 bits per heavy atom. The van der Waals surface area contributed by atoms with Gasteiger partial charge in [0, 0.05) is 62.2 Å². The zero-order chi connectivity index (χ0) is 35.5. The zero-order valence-electron chi connectivity index (χ0n) is 28.7. The molecule has 0 unspecified atom stereocenters. The van der Waals surface area contributed by atoms with E-state index in [0.29, 0.717) is 11.1 Å². The Kier molecular flexibility index (Phi) is 7.05. The summed E-state index contributed by atoms with van der Waals surface area (Å²) >= 11 is 0. The van der Waals surface area contributed by atoms with Crippen LogP contribution in [-0.4, -0.2) is 21.6 Å². The molecule has 0 atom stereocenters. The summed E-state index contributed by atoms with van der Waals surface area (Å²) in [7, 11) is 0. The van der Waals surface area contributed by atoms with Gasteiger partial charge in [-0.2, -0.15) is 0 Å². The SMILES string of the molecule is N=Cc1c(-n2c3ccccc3c3ccccc32)ccc(-n2c3ccc(N(c4ccccc4)c4ccccc4)cc3c3c4ccccc4ccc32)c1C=N. The van der Waals surface area contributed by atoms with E-state index in [9.17, 15) is 0 Å². The predicted molar refractivity (Wildman–Crippen MR) is 223 cm³/mol. The number of para-hydroxylation sites is 4. The molecule has 250 valence electrons. The van der Waals surface area contributed by atoms with Crippen molar-refractivity contribution in [2.24, 2.45) is 0 Å². The van der Waals surface area contributed by atoms with Gasteiger partial charge in [-0.05, 0) is 83.6 Å². The van der Waals surface area contributed by atoms with Crippen molar-refractivity contribution in [3.05, 3.63) is 187 Å². The van der Waals surface area contributed by atoms with E-state index in [-0.39, 0.29) is 0 Å². The molecule has 10 rings (SSSR count). The van der Waals surface area contributed by atoms with Crippen LogP contribution in [0.5, 0.6) is 0 Å². The topological polar surface area (TPSA) is 60.8 Å². The van der Waals surface area contributed by atoms with Gasteiger partial charge in [-0.15, -0.1) is 0 Å². The van der Waals surface area contributed by atoms with Gasteiger partial charge < -0.3 is 24.9 Å². The van der Waals surface area contributed by atoms with Crippen LogP contribution in [0, 0.1) is 10.8 Å². The summed E-state index contributed by atoms with van der Waals surface area (Å²) < 4.78 is 4.51. The molecule has 2 N–H and O–H groups in total. The molecule has 0 aliphatic rings. The monoisotopic (exact) mass is 679 g/mol. The molecule has 5 nitrogen and oxygen atoms in total. The van der Waals surface area contributed by atoms with Crippen molar-refractivity contribution in [1.29, 1.82) is 10.8 Å². The summed E-state index contributed by atoms with van der Waals surface area (Å²) in [5.41, 5.74) is 10.5. The van der Waals surface area contributed by atoms with Gasteiger partial charge in [-0.25, -0.2) is 0 Å². The quantitative estimate of drug-likeness (QED) is 0.162. The second-order valence-corrected chi connectivity index (χ2v) is 13.3. The van der Waals surface area contributed by atoms with Gasteiger partial charge in [0.25, 0.3) is 0 Å². The molecule has 0 saturated heterocycles. The first-order chi connectivity index (χ1) is 26.2. The van der Waals surface area contributed by atoms with Crippen LogP contribution in [0.1, 0.15) is 11.1 Å². The maximum Gasteiger partial charge on any atom is 0.0557 e. The smallest absolute Gasteiger partial charge is 0.0557 e. The van der Waals surface area contributed by atoms with E-state index in [4.69, 9.17) is 10.8 Å². The van der Waals surface area contributed by atoms with E-state index in [0.717, 1.165) is 72.0 Å². The standard InChI is InChI=1S/C48H33N5/c49-30-40-41(31-50)46(28-27-45(40)52-42-21-11-9-19-37(42)38-20-10-12-22-43(38)52)53-44-26-24-35(51(33-14-3-1-4-15-33)34-16-5-2-6-17-34)29-39(44)48-36-18-8-7-13-32(36)23-25-47(48)53/h1-31,49-50H. The first kappa shape index (κ1) is 30.6. The lowest BCUT2D eigenvalue weighted by Gasteiger charge is -2.25. The summed E-state index contributed by atoms with van der Waals surface area (Å²) in [6.07, 6.45) is 2.81. The van der Waals surface area contributed by atoms with Crippen LogP contribution in [-0.2, 0) is 0 Å². The highest BCUT2D eigenvalue weighted by Crippen LogP contribution is 2.43. The fourth-order valence-electron chi connectivity index (χ4n) is 8.27. The number of fused-ring (bicyclic) bond motifs is 8. The minimum atomic E-state index is 0.686. The van der Waals surface area contributed by atoms with Crippen LogP contribution in [0.2, 0.25) is 0 Å². The number of anilines is 3. The fraction of sp³-hybridized carbons (Fsp3) is 0. The lowest BCUT2D eigenvalue weighted by atomic mass is 10.0. The molecule has 5 heteroatoms. The third kappa shape index (κ3) is 4.64. The highest BCUT2D eigenvalue weighted by atomic mass is 15.1. The van der Waals surface area contributed by atoms with Crippen molar-refractivity contribution in [2.45, 2.75) is 0 Å². The van der Waals surface area contributed by atoms with E-state index in [2.05, 4.69) is 178 Å². The van der Waals surface area contributed by atoms with Gasteiger partial charge in [0.1, 0.15) is 0 Å². The lowest BCUT2D eigenvalue weighted by molar-refractivity contribution is 1.13. The third-order valence-electron chi connectivity index (χ3n) is 10.5.